The largest absolute Gasteiger partial charge is 0.494 e. The summed E-state index contributed by atoms with van der Waals surface area (Å²) in [6, 6.07) is 8.96. The first-order chi connectivity index (χ1) is 17.2. The van der Waals surface area contributed by atoms with E-state index in [4.69, 9.17) is 9.47 Å². The molecule has 1 saturated heterocycles. The van der Waals surface area contributed by atoms with Crippen LogP contribution in [0, 0.1) is 35.5 Å². The zero-order chi connectivity index (χ0) is 24.0. The van der Waals surface area contributed by atoms with Crippen LogP contribution >= 0.6 is 0 Å². The van der Waals surface area contributed by atoms with Gasteiger partial charge in [-0.25, -0.2) is 0 Å². The molecule has 2 unspecified atom stereocenters. The summed E-state index contributed by atoms with van der Waals surface area (Å²) >= 11 is 0. The molecule has 2 atom stereocenters. The molecule has 0 aromatic heterocycles. The van der Waals surface area contributed by atoms with Gasteiger partial charge in [0, 0.05) is 0 Å². The Kier molecular flexibility index (Phi) is 8.92. The summed E-state index contributed by atoms with van der Waals surface area (Å²) in [4.78, 5) is 0. The Labute approximate surface area is 215 Å². The van der Waals surface area contributed by atoms with Crippen LogP contribution in [-0.2, 0) is 4.74 Å². The number of rotatable bonds is 7. The van der Waals surface area contributed by atoms with E-state index in [1.807, 2.05) is 6.08 Å². The SMILES string of the molecule is C=CC1CCC(C2CCC(C3CCC(C4CCC(c5ccc(OCC)cc5)CC4)CC3)CC2)CO1. The molecule has 2 heteroatoms. The molecule has 2 nitrogen and oxygen atoms in total. The third-order valence-electron chi connectivity index (χ3n) is 10.7. The fourth-order valence-corrected chi connectivity index (χ4v) is 8.45. The first-order valence-corrected chi connectivity index (χ1v) is 15.2. The fraction of sp³-hybridized carbons (Fsp3) is 0.758. The van der Waals surface area contributed by atoms with Gasteiger partial charge in [0.05, 0.1) is 19.3 Å². The summed E-state index contributed by atoms with van der Waals surface area (Å²) < 4.78 is 11.7. The van der Waals surface area contributed by atoms with E-state index in [1.165, 1.54) is 95.5 Å². The Balaban J connectivity index is 1.01. The van der Waals surface area contributed by atoms with Gasteiger partial charge in [-0.15, -0.1) is 6.58 Å². The van der Waals surface area contributed by atoms with Crippen LogP contribution in [-0.4, -0.2) is 19.3 Å². The molecule has 0 amide bonds. The van der Waals surface area contributed by atoms with Gasteiger partial charge in [0.15, 0.2) is 0 Å². The van der Waals surface area contributed by atoms with Crippen molar-refractivity contribution in [3.8, 4) is 5.75 Å². The Morgan fingerprint density at radius 1 is 0.686 bits per heavy atom. The number of hydrogen-bond donors (Lipinski definition) is 0. The fourth-order valence-electron chi connectivity index (χ4n) is 8.45. The predicted octanol–water partition coefficient (Wildman–Crippen LogP) is 8.95. The molecule has 0 bridgehead atoms. The van der Waals surface area contributed by atoms with Gasteiger partial charge >= 0.3 is 0 Å². The zero-order valence-corrected chi connectivity index (χ0v) is 22.3. The highest BCUT2D eigenvalue weighted by atomic mass is 16.5. The van der Waals surface area contributed by atoms with Crippen molar-refractivity contribution >= 4 is 0 Å². The molecule has 4 aliphatic rings. The molecule has 1 aromatic carbocycles. The van der Waals surface area contributed by atoms with E-state index in [1.54, 1.807) is 0 Å². The average Bonchev–Trinajstić information content (AvgIpc) is 2.94. The standard InChI is InChI=1S/C33H50O2/c1-3-32-20-19-31(23-35-32)30-15-13-27(14-16-30)26-7-5-24(6-8-26)25-9-11-28(12-10-25)29-17-21-33(22-18-29)34-4-2/h3,17-18,21-22,24-28,30-32H,1,4-16,19-20,23H2,2H3. The molecule has 194 valence electrons. The summed E-state index contributed by atoms with van der Waals surface area (Å²) in [5, 5.41) is 0. The highest BCUT2D eigenvalue weighted by molar-refractivity contribution is 5.29. The lowest BCUT2D eigenvalue weighted by Crippen LogP contribution is -2.34. The van der Waals surface area contributed by atoms with Crippen LogP contribution in [0.5, 0.6) is 5.75 Å². The van der Waals surface area contributed by atoms with Crippen molar-refractivity contribution in [1.82, 2.24) is 0 Å². The summed E-state index contributed by atoms with van der Waals surface area (Å²) in [7, 11) is 0. The Morgan fingerprint density at radius 2 is 1.14 bits per heavy atom. The van der Waals surface area contributed by atoms with Crippen molar-refractivity contribution in [3.05, 3.63) is 42.5 Å². The molecule has 0 spiro atoms. The number of hydrogen-bond acceptors (Lipinski definition) is 2. The molecule has 1 aromatic rings. The van der Waals surface area contributed by atoms with Gasteiger partial charge in [-0.2, -0.15) is 0 Å². The smallest absolute Gasteiger partial charge is 0.119 e. The van der Waals surface area contributed by atoms with E-state index in [-0.39, 0.29) is 0 Å². The highest BCUT2D eigenvalue weighted by Crippen LogP contribution is 2.48. The van der Waals surface area contributed by atoms with Crippen molar-refractivity contribution in [1.29, 1.82) is 0 Å². The van der Waals surface area contributed by atoms with Gasteiger partial charge in [0.2, 0.25) is 0 Å². The minimum Gasteiger partial charge on any atom is -0.494 e. The molecule has 3 saturated carbocycles. The lowest BCUT2D eigenvalue weighted by Gasteiger charge is -2.43. The molecule has 5 rings (SSSR count). The topological polar surface area (TPSA) is 18.5 Å². The van der Waals surface area contributed by atoms with Crippen LogP contribution in [0.15, 0.2) is 36.9 Å². The predicted molar refractivity (Wildman–Crippen MR) is 146 cm³/mol. The van der Waals surface area contributed by atoms with Gasteiger partial charge in [-0.05, 0) is 156 Å². The molecule has 1 heterocycles. The number of ether oxygens (including phenoxy) is 2. The van der Waals surface area contributed by atoms with Crippen LogP contribution in [0.2, 0.25) is 0 Å². The first-order valence-electron chi connectivity index (χ1n) is 15.2. The zero-order valence-electron chi connectivity index (χ0n) is 22.3. The van der Waals surface area contributed by atoms with Gasteiger partial charge in [-0.1, -0.05) is 18.2 Å². The van der Waals surface area contributed by atoms with Crippen LogP contribution < -0.4 is 4.74 Å². The molecular formula is C33H50O2. The van der Waals surface area contributed by atoms with Crippen molar-refractivity contribution in [2.24, 2.45) is 35.5 Å². The van der Waals surface area contributed by atoms with Crippen LogP contribution in [0.25, 0.3) is 0 Å². The summed E-state index contributed by atoms with van der Waals surface area (Å²) in [5.74, 6) is 7.59. The Bertz CT molecular complexity index is 753. The van der Waals surface area contributed by atoms with Gasteiger partial charge < -0.3 is 9.47 Å². The van der Waals surface area contributed by atoms with E-state index in [2.05, 4.69) is 37.8 Å². The lowest BCUT2D eigenvalue weighted by molar-refractivity contribution is -0.0194. The molecule has 35 heavy (non-hydrogen) atoms. The molecule has 0 N–H and O–H groups in total. The van der Waals surface area contributed by atoms with Gasteiger partial charge in [0.1, 0.15) is 5.75 Å². The van der Waals surface area contributed by atoms with E-state index in [9.17, 15) is 0 Å². The highest BCUT2D eigenvalue weighted by Gasteiger charge is 2.36. The van der Waals surface area contributed by atoms with Crippen molar-refractivity contribution in [3.63, 3.8) is 0 Å². The third-order valence-corrected chi connectivity index (χ3v) is 10.7. The molecule has 0 radical (unpaired) electrons. The normalized spacial score (nSPS) is 38.5. The molecule has 1 aliphatic heterocycles. The maximum absolute atomic E-state index is 6.03. The minimum absolute atomic E-state index is 0.319. The van der Waals surface area contributed by atoms with Crippen LogP contribution in [0.3, 0.4) is 0 Å². The van der Waals surface area contributed by atoms with Crippen LogP contribution in [0.1, 0.15) is 108 Å². The lowest BCUT2D eigenvalue weighted by atomic mass is 9.64. The van der Waals surface area contributed by atoms with Gasteiger partial charge in [-0.3, -0.25) is 0 Å². The summed E-state index contributed by atoms with van der Waals surface area (Å²) in [6.07, 6.45) is 22.5. The van der Waals surface area contributed by atoms with Gasteiger partial charge in [0.25, 0.3) is 0 Å². The van der Waals surface area contributed by atoms with Crippen LogP contribution in [0.4, 0.5) is 0 Å². The third kappa shape index (κ3) is 6.35. The maximum atomic E-state index is 6.03. The van der Waals surface area contributed by atoms with E-state index in [0.29, 0.717) is 6.10 Å². The maximum Gasteiger partial charge on any atom is 0.119 e. The molecule has 4 fully saturated rings. The summed E-state index contributed by atoms with van der Waals surface area (Å²) in [6.45, 7) is 7.70. The monoisotopic (exact) mass is 478 g/mol. The Morgan fingerprint density at radius 3 is 1.57 bits per heavy atom. The van der Waals surface area contributed by atoms with E-state index >= 15 is 0 Å². The second kappa shape index (κ2) is 12.3. The van der Waals surface area contributed by atoms with Crippen molar-refractivity contribution in [2.45, 2.75) is 109 Å². The second-order valence-electron chi connectivity index (χ2n) is 12.4. The minimum atomic E-state index is 0.319. The van der Waals surface area contributed by atoms with Crippen molar-refractivity contribution in [2.75, 3.05) is 13.2 Å². The second-order valence-corrected chi connectivity index (χ2v) is 12.4. The quantitative estimate of drug-likeness (QED) is 0.364. The average molecular weight is 479 g/mol. The van der Waals surface area contributed by atoms with Crippen molar-refractivity contribution < 1.29 is 9.47 Å². The Hall–Kier alpha value is -1.28. The summed E-state index contributed by atoms with van der Waals surface area (Å²) in [5.41, 5.74) is 1.53. The number of benzene rings is 1. The molecular weight excluding hydrogens is 428 g/mol. The van der Waals surface area contributed by atoms with E-state index in [0.717, 1.165) is 60.4 Å². The molecule has 3 aliphatic carbocycles. The van der Waals surface area contributed by atoms with E-state index < -0.39 is 0 Å². The first kappa shape index (κ1) is 25.4.